The van der Waals surface area contributed by atoms with Gasteiger partial charge in [0.25, 0.3) is 0 Å². The Morgan fingerprint density at radius 2 is 2.00 bits per heavy atom. The zero-order chi connectivity index (χ0) is 13.3. The predicted octanol–water partition coefficient (Wildman–Crippen LogP) is 2.98. The Morgan fingerprint density at radius 1 is 1.28 bits per heavy atom. The molecule has 2 aromatic rings. The van der Waals surface area contributed by atoms with Gasteiger partial charge < -0.3 is 5.73 Å². The number of hydrogen-bond acceptors (Lipinski definition) is 2. The standard InChI is InChI=1S/C15H21N3/c1-10(2)12-6-5-11(3)14(7-12)15-8-13(9-16)18(4)17-15/h5-8,10H,9,16H2,1-4H3. The fourth-order valence-corrected chi connectivity index (χ4v) is 2.10. The second kappa shape index (κ2) is 4.94. The Balaban J connectivity index is 2.51. The van der Waals surface area contributed by atoms with Crippen molar-refractivity contribution in [2.24, 2.45) is 12.8 Å². The first-order valence-corrected chi connectivity index (χ1v) is 6.36. The van der Waals surface area contributed by atoms with Crippen molar-refractivity contribution in [1.29, 1.82) is 0 Å². The average molecular weight is 243 g/mol. The molecule has 3 nitrogen and oxygen atoms in total. The lowest BCUT2D eigenvalue weighted by molar-refractivity contribution is 0.714. The van der Waals surface area contributed by atoms with E-state index in [1.165, 1.54) is 16.7 Å². The molecular formula is C15H21N3. The smallest absolute Gasteiger partial charge is 0.0929 e. The lowest BCUT2D eigenvalue weighted by Gasteiger charge is -2.09. The summed E-state index contributed by atoms with van der Waals surface area (Å²) >= 11 is 0. The molecule has 0 fully saturated rings. The highest BCUT2D eigenvalue weighted by atomic mass is 15.3. The Morgan fingerprint density at radius 3 is 2.56 bits per heavy atom. The number of nitrogens with zero attached hydrogens (tertiary/aromatic N) is 2. The quantitative estimate of drug-likeness (QED) is 0.900. The van der Waals surface area contributed by atoms with E-state index in [1.807, 2.05) is 11.7 Å². The van der Waals surface area contributed by atoms with Gasteiger partial charge in [-0.1, -0.05) is 26.0 Å². The van der Waals surface area contributed by atoms with Gasteiger partial charge in [0, 0.05) is 19.2 Å². The Kier molecular flexibility index (Phi) is 3.53. The van der Waals surface area contributed by atoms with Gasteiger partial charge in [-0.15, -0.1) is 0 Å². The molecule has 18 heavy (non-hydrogen) atoms. The van der Waals surface area contributed by atoms with Crippen LogP contribution in [-0.4, -0.2) is 9.78 Å². The second-order valence-corrected chi connectivity index (χ2v) is 5.08. The Hall–Kier alpha value is -1.61. The first-order valence-electron chi connectivity index (χ1n) is 6.36. The van der Waals surface area contributed by atoms with Gasteiger partial charge in [0.2, 0.25) is 0 Å². The first kappa shape index (κ1) is 12.8. The van der Waals surface area contributed by atoms with Crippen LogP contribution in [0.1, 0.15) is 36.6 Å². The highest BCUT2D eigenvalue weighted by Gasteiger charge is 2.10. The van der Waals surface area contributed by atoms with E-state index >= 15 is 0 Å². The van der Waals surface area contributed by atoms with Gasteiger partial charge in [0.05, 0.1) is 11.4 Å². The van der Waals surface area contributed by atoms with Crippen molar-refractivity contribution >= 4 is 0 Å². The van der Waals surface area contributed by atoms with E-state index in [2.05, 4.69) is 50.1 Å². The second-order valence-electron chi connectivity index (χ2n) is 5.08. The van der Waals surface area contributed by atoms with Crippen LogP contribution in [0.5, 0.6) is 0 Å². The van der Waals surface area contributed by atoms with E-state index in [4.69, 9.17) is 5.73 Å². The lowest BCUT2D eigenvalue weighted by atomic mass is 9.96. The highest BCUT2D eigenvalue weighted by molar-refractivity contribution is 5.65. The largest absolute Gasteiger partial charge is 0.325 e. The number of aromatic nitrogens is 2. The summed E-state index contributed by atoms with van der Waals surface area (Å²) in [5.41, 5.74) is 11.6. The molecular weight excluding hydrogens is 222 g/mol. The van der Waals surface area contributed by atoms with Crippen LogP contribution in [0.4, 0.5) is 0 Å². The van der Waals surface area contributed by atoms with Gasteiger partial charge in [-0.3, -0.25) is 4.68 Å². The van der Waals surface area contributed by atoms with Crippen molar-refractivity contribution in [3.8, 4) is 11.3 Å². The molecule has 96 valence electrons. The van der Waals surface area contributed by atoms with E-state index in [-0.39, 0.29) is 0 Å². The lowest BCUT2D eigenvalue weighted by Crippen LogP contribution is -2.03. The summed E-state index contributed by atoms with van der Waals surface area (Å²) in [6.07, 6.45) is 0. The molecule has 0 unspecified atom stereocenters. The molecule has 0 amide bonds. The Bertz CT molecular complexity index is 553. The van der Waals surface area contributed by atoms with E-state index < -0.39 is 0 Å². The molecule has 0 bridgehead atoms. The minimum absolute atomic E-state index is 0.520. The van der Waals surface area contributed by atoms with E-state index in [9.17, 15) is 0 Å². The van der Waals surface area contributed by atoms with Gasteiger partial charge in [-0.25, -0.2) is 0 Å². The Labute approximate surface area is 109 Å². The molecule has 0 aliphatic carbocycles. The third-order valence-electron chi connectivity index (χ3n) is 3.39. The van der Waals surface area contributed by atoms with Crippen LogP contribution in [-0.2, 0) is 13.6 Å². The normalized spacial score (nSPS) is 11.2. The zero-order valence-electron chi connectivity index (χ0n) is 11.6. The molecule has 0 radical (unpaired) electrons. The monoisotopic (exact) mass is 243 g/mol. The molecule has 1 heterocycles. The molecule has 0 atom stereocenters. The molecule has 0 aliphatic rings. The molecule has 0 saturated heterocycles. The number of aryl methyl sites for hydroxylation is 2. The number of hydrogen-bond donors (Lipinski definition) is 1. The van der Waals surface area contributed by atoms with Crippen LogP contribution in [0.3, 0.4) is 0 Å². The van der Waals surface area contributed by atoms with Crippen LogP contribution in [0.15, 0.2) is 24.3 Å². The molecule has 1 aromatic heterocycles. The third-order valence-corrected chi connectivity index (χ3v) is 3.39. The van der Waals surface area contributed by atoms with E-state index in [0.29, 0.717) is 12.5 Å². The maximum absolute atomic E-state index is 5.70. The number of nitrogens with two attached hydrogens (primary N) is 1. The molecule has 0 saturated carbocycles. The van der Waals surface area contributed by atoms with Gasteiger partial charge >= 0.3 is 0 Å². The maximum atomic E-state index is 5.70. The molecule has 2 rings (SSSR count). The van der Waals surface area contributed by atoms with Crippen molar-refractivity contribution in [2.45, 2.75) is 33.2 Å². The van der Waals surface area contributed by atoms with Crippen molar-refractivity contribution in [1.82, 2.24) is 9.78 Å². The molecule has 0 spiro atoms. The van der Waals surface area contributed by atoms with Crippen molar-refractivity contribution < 1.29 is 0 Å². The molecule has 1 aromatic carbocycles. The minimum atomic E-state index is 0.520. The summed E-state index contributed by atoms with van der Waals surface area (Å²) < 4.78 is 1.86. The van der Waals surface area contributed by atoms with Crippen LogP contribution in [0.25, 0.3) is 11.3 Å². The zero-order valence-corrected chi connectivity index (χ0v) is 11.6. The van der Waals surface area contributed by atoms with Crippen molar-refractivity contribution in [3.05, 3.63) is 41.1 Å². The maximum Gasteiger partial charge on any atom is 0.0929 e. The van der Waals surface area contributed by atoms with Gasteiger partial charge in [0.15, 0.2) is 0 Å². The number of rotatable bonds is 3. The summed E-state index contributed by atoms with van der Waals surface area (Å²) in [5.74, 6) is 0.530. The highest BCUT2D eigenvalue weighted by Crippen LogP contribution is 2.27. The molecule has 2 N–H and O–H groups in total. The van der Waals surface area contributed by atoms with Crippen LogP contribution < -0.4 is 5.73 Å². The first-order chi connectivity index (χ1) is 8.52. The van der Waals surface area contributed by atoms with Crippen molar-refractivity contribution in [2.75, 3.05) is 0 Å². The van der Waals surface area contributed by atoms with Crippen LogP contribution in [0.2, 0.25) is 0 Å². The number of benzene rings is 1. The molecule has 3 heteroatoms. The van der Waals surface area contributed by atoms with Gasteiger partial charge in [0.1, 0.15) is 0 Å². The third kappa shape index (κ3) is 2.31. The fraction of sp³-hybridized carbons (Fsp3) is 0.400. The SMILES string of the molecule is Cc1ccc(C(C)C)cc1-c1cc(CN)n(C)n1. The summed E-state index contributed by atoms with van der Waals surface area (Å²) in [5, 5.41) is 4.55. The van der Waals surface area contributed by atoms with Gasteiger partial charge in [-0.05, 0) is 36.1 Å². The topological polar surface area (TPSA) is 43.8 Å². The average Bonchev–Trinajstić information content (AvgIpc) is 2.70. The van der Waals surface area contributed by atoms with E-state index in [0.717, 1.165) is 11.4 Å². The summed E-state index contributed by atoms with van der Waals surface area (Å²) in [6.45, 7) is 7.05. The van der Waals surface area contributed by atoms with E-state index in [1.54, 1.807) is 0 Å². The molecule has 0 aliphatic heterocycles. The predicted molar refractivity (Wildman–Crippen MR) is 75.4 cm³/mol. The summed E-state index contributed by atoms with van der Waals surface area (Å²) in [7, 11) is 1.94. The fourth-order valence-electron chi connectivity index (χ4n) is 2.10. The van der Waals surface area contributed by atoms with Crippen LogP contribution >= 0.6 is 0 Å². The van der Waals surface area contributed by atoms with Crippen molar-refractivity contribution in [3.63, 3.8) is 0 Å². The van der Waals surface area contributed by atoms with Gasteiger partial charge in [-0.2, -0.15) is 5.10 Å². The summed E-state index contributed by atoms with van der Waals surface area (Å²) in [4.78, 5) is 0. The summed E-state index contributed by atoms with van der Waals surface area (Å²) in [6, 6.07) is 8.67. The van der Waals surface area contributed by atoms with Crippen LogP contribution in [0, 0.1) is 6.92 Å². The minimum Gasteiger partial charge on any atom is -0.325 e.